The summed E-state index contributed by atoms with van der Waals surface area (Å²) in [6.45, 7) is 0.640. The minimum absolute atomic E-state index is 0.0441. The Hall–Kier alpha value is -2.49. The van der Waals surface area contributed by atoms with Gasteiger partial charge in [-0.1, -0.05) is 18.0 Å². The molecule has 2 aromatic carbocycles. The molecule has 1 aliphatic heterocycles. The predicted octanol–water partition coefficient (Wildman–Crippen LogP) is 3.61. The van der Waals surface area contributed by atoms with Crippen LogP contribution in [0.4, 0.5) is 10.1 Å². The van der Waals surface area contributed by atoms with Gasteiger partial charge in [0.1, 0.15) is 10.7 Å². The van der Waals surface area contributed by atoms with Crippen molar-refractivity contribution in [3.8, 4) is 0 Å². The molecular formula is C21H23ClFN3O4S. The van der Waals surface area contributed by atoms with Gasteiger partial charge in [-0.15, -0.1) is 0 Å². The monoisotopic (exact) mass is 467 g/mol. The van der Waals surface area contributed by atoms with E-state index in [-0.39, 0.29) is 22.2 Å². The van der Waals surface area contributed by atoms with Gasteiger partial charge in [-0.2, -0.15) is 4.31 Å². The van der Waals surface area contributed by atoms with Gasteiger partial charge in [-0.3, -0.25) is 9.59 Å². The van der Waals surface area contributed by atoms with Crippen LogP contribution in [0.1, 0.15) is 40.0 Å². The Morgan fingerprint density at radius 3 is 2.32 bits per heavy atom. The summed E-state index contributed by atoms with van der Waals surface area (Å²) in [5, 5.41) is 2.77. The molecule has 0 unspecified atom stereocenters. The third kappa shape index (κ3) is 5.06. The number of carbonyl (C=O) groups excluding carboxylic acids is 2. The lowest BCUT2D eigenvalue weighted by molar-refractivity contribution is 0.0827. The second-order valence-electron chi connectivity index (χ2n) is 7.46. The van der Waals surface area contributed by atoms with Gasteiger partial charge in [0.2, 0.25) is 10.0 Å². The van der Waals surface area contributed by atoms with E-state index in [4.69, 9.17) is 11.6 Å². The highest BCUT2D eigenvalue weighted by Crippen LogP contribution is 2.27. The molecule has 1 saturated heterocycles. The summed E-state index contributed by atoms with van der Waals surface area (Å²) in [4.78, 5) is 25.8. The molecule has 3 rings (SSSR count). The molecule has 1 aliphatic rings. The van der Waals surface area contributed by atoms with E-state index in [0.29, 0.717) is 31.5 Å². The Morgan fingerprint density at radius 2 is 1.68 bits per heavy atom. The highest BCUT2D eigenvalue weighted by molar-refractivity contribution is 7.89. The maximum atomic E-state index is 14.4. The van der Waals surface area contributed by atoms with Crippen molar-refractivity contribution in [2.24, 2.45) is 0 Å². The molecule has 1 heterocycles. The lowest BCUT2D eigenvalue weighted by atomic mass is 10.1. The minimum atomic E-state index is -4.06. The van der Waals surface area contributed by atoms with Crippen LogP contribution in [0, 0.1) is 5.82 Å². The number of piperidine rings is 1. The molecule has 0 aromatic heterocycles. The van der Waals surface area contributed by atoms with E-state index in [9.17, 15) is 22.4 Å². The molecule has 1 fully saturated rings. The average molecular weight is 468 g/mol. The van der Waals surface area contributed by atoms with Gasteiger partial charge < -0.3 is 10.2 Å². The van der Waals surface area contributed by atoms with Crippen LogP contribution in [0.2, 0.25) is 5.02 Å². The quantitative estimate of drug-likeness (QED) is 0.727. The molecule has 2 amide bonds. The number of hydrogen-bond donors (Lipinski definition) is 1. The van der Waals surface area contributed by atoms with Crippen LogP contribution in [0.5, 0.6) is 0 Å². The Labute approximate surface area is 185 Å². The molecule has 0 spiro atoms. The van der Waals surface area contributed by atoms with Crippen molar-refractivity contribution in [3.63, 3.8) is 0 Å². The molecule has 10 heteroatoms. The first kappa shape index (κ1) is 23.2. The van der Waals surface area contributed by atoms with Crippen LogP contribution in [0.25, 0.3) is 0 Å². The number of halogens is 2. The normalized spacial score (nSPS) is 14.8. The predicted molar refractivity (Wildman–Crippen MR) is 116 cm³/mol. The molecule has 0 radical (unpaired) electrons. The Morgan fingerprint density at radius 1 is 1.03 bits per heavy atom. The van der Waals surface area contributed by atoms with Crippen LogP contribution in [0.15, 0.2) is 41.3 Å². The first-order valence-corrected chi connectivity index (χ1v) is 11.6. The summed E-state index contributed by atoms with van der Waals surface area (Å²) < 4.78 is 41.4. The van der Waals surface area contributed by atoms with Crippen molar-refractivity contribution in [3.05, 3.63) is 58.4 Å². The lowest BCUT2D eigenvalue weighted by Crippen LogP contribution is -2.36. The molecule has 2 aromatic rings. The fourth-order valence-corrected chi connectivity index (χ4v) is 5.07. The summed E-state index contributed by atoms with van der Waals surface area (Å²) >= 11 is 6.14. The smallest absolute Gasteiger partial charge is 0.255 e. The number of nitrogens with zero attached hydrogens (tertiary/aromatic N) is 2. The van der Waals surface area contributed by atoms with Crippen LogP contribution in [0.3, 0.4) is 0 Å². The highest BCUT2D eigenvalue weighted by Gasteiger charge is 2.29. The third-order valence-electron chi connectivity index (χ3n) is 4.99. The SMILES string of the molecule is CN(C)C(=O)c1ccc(Cl)c(NC(=O)c2ccc(F)c(S(=O)(=O)N3CCCCC3)c2)c1. The number of rotatable bonds is 5. The maximum Gasteiger partial charge on any atom is 0.255 e. The molecule has 7 nitrogen and oxygen atoms in total. The number of hydrogen-bond acceptors (Lipinski definition) is 4. The van der Waals surface area contributed by atoms with Crippen molar-refractivity contribution >= 4 is 39.1 Å². The van der Waals surface area contributed by atoms with Crippen LogP contribution in [-0.2, 0) is 10.0 Å². The van der Waals surface area contributed by atoms with Gasteiger partial charge in [-0.25, -0.2) is 12.8 Å². The first-order chi connectivity index (χ1) is 14.6. The van der Waals surface area contributed by atoms with Crippen LogP contribution in [-0.4, -0.2) is 56.6 Å². The summed E-state index contributed by atoms with van der Waals surface area (Å²) in [6, 6.07) is 7.61. The molecule has 166 valence electrons. The van der Waals surface area contributed by atoms with Gasteiger partial charge in [0.25, 0.3) is 11.8 Å². The highest BCUT2D eigenvalue weighted by atomic mass is 35.5. The van der Waals surface area contributed by atoms with Crippen molar-refractivity contribution in [1.82, 2.24) is 9.21 Å². The number of nitrogens with one attached hydrogen (secondary N) is 1. The van der Waals surface area contributed by atoms with Crippen LogP contribution >= 0.6 is 11.6 Å². The van der Waals surface area contributed by atoms with E-state index in [1.807, 2.05) is 0 Å². The van der Waals surface area contributed by atoms with Crippen molar-refractivity contribution < 1.29 is 22.4 Å². The summed E-state index contributed by atoms with van der Waals surface area (Å²) in [5.41, 5.74) is 0.457. The number of sulfonamides is 1. The van der Waals surface area contributed by atoms with E-state index in [1.165, 1.54) is 33.5 Å². The average Bonchev–Trinajstić information content (AvgIpc) is 2.75. The zero-order chi connectivity index (χ0) is 22.8. The summed E-state index contributed by atoms with van der Waals surface area (Å²) in [5.74, 6) is -1.87. The lowest BCUT2D eigenvalue weighted by Gasteiger charge is -2.26. The largest absolute Gasteiger partial charge is 0.345 e. The maximum absolute atomic E-state index is 14.4. The summed E-state index contributed by atoms with van der Waals surface area (Å²) in [7, 11) is -0.865. The second-order valence-corrected chi connectivity index (χ2v) is 9.77. The molecule has 0 atom stereocenters. The van der Waals surface area contributed by atoms with E-state index in [1.54, 1.807) is 14.1 Å². The Bertz CT molecular complexity index is 1120. The number of benzene rings is 2. The van der Waals surface area contributed by atoms with E-state index in [2.05, 4.69) is 5.32 Å². The molecular weight excluding hydrogens is 445 g/mol. The minimum Gasteiger partial charge on any atom is -0.345 e. The van der Waals surface area contributed by atoms with E-state index in [0.717, 1.165) is 18.6 Å². The Kier molecular flexibility index (Phi) is 6.98. The zero-order valence-corrected chi connectivity index (χ0v) is 18.8. The van der Waals surface area contributed by atoms with Gasteiger partial charge in [-0.05, 0) is 49.2 Å². The third-order valence-corrected chi connectivity index (χ3v) is 7.24. The Balaban J connectivity index is 1.89. The molecule has 0 aliphatic carbocycles. The number of carbonyl (C=O) groups is 2. The van der Waals surface area contributed by atoms with Gasteiger partial charge in [0, 0.05) is 38.3 Å². The fraction of sp³-hybridized carbons (Fsp3) is 0.333. The molecule has 1 N–H and O–H groups in total. The van der Waals surface area contributed by atoms with Gasteiger partial charge in [0.05, 0.1) is 10.7 Å². The van der Waals surface area contributed by atoms with E-state index >= 15 is 0 Å². The second kappa shape index (κ2) is 9.33. The fourth-order valence-electron chi connectivity index (χ4n) is 3.29. The van der Waals surface area contributed by atoms with Gasteiger partial charge in [0.15, 0.2) is 0 Å². The summed E-state index contributed by atoms with van der Waals surface area (Å²) in [6.07, 6.45) is 2.34. The van der Waals surface area contributed by atoms with E-state index < -0.39 is 26.6 Å². The molecule has 0 saturated carbocycles. The van der Waals surface area contributed by atoms with Crippen molar-refractivity contribution in [2.45, 2.75) is 24.2 Å². The standard InChI is InChI=1S/C21H23ClFN3O4S/c1-25(2)21(28)15-6-8-16(22)18(12-15)24-20(27)14-7-9-17(23)19(13-14)31(29,30)26-10-4-3-5-11-26/h6-9,12-13H,3-5,10-11H2,1-2H3,(H,24,27). The number of anilines is 1. The molecule has 31 heavy (non-hydrogen) atoms. The first-order valence-electron chi connectivity index (χ1n) is 9.73. The van der Waals surface area contributed by atoms with Crippen LogP contribution < -0.4 is 5.32 Å². The molecule has 0 bridgehead atoms. The van der Waals surface area contributed by atoms with Gasteiger partial charge >= 0.3 is 0 Å². The number of amides is 2. The van der Waals surface area contributed by atoms with Crippen molar-refractivity contribution in [1.29, 1.82) is 0 Å². The topological polar surface area (TPSA) is 86.8 Å². The van der Waals surface area contributed by atoms with Crippen molar-refractivity contribution in [2.75, 3.05) is 32.5 Å². The zero-order valence-electron chi connectivity index (χ0n) is 17.2.